The van der Waals surface area contributed by atoms with Gasteiger partial charge in [-0.25, -0.2) is 4.98 Å². The van der Waals surface area contributed by atoms with Crippen molar-refractivity contribution in [3.63, 3.8) is 0 Å². The molecule has 0 fully saturated rings. The van der Waals surface area contributed by atoms with Crippen LogP contribution >= 0.6 is 0 Å². The van der Waals surface area contributed by atoms with Crippen LogP contribution in [0.1, 0.15) is 30.5 Å². The van der Waals surface area contributed by atoms with Crippen molar-refractivity contribution >= 4 is 17.7 Å². The third-order valence-corrected chi connectivity index (χ3v) is 3.45. The van der Waals surface area contributed by atoms with E-state index in [0.717, 1.165) is 30.9 Å². The van der Waals surface area contributed by atoms with E-state index in [1.807, 2.05) is 6.07 Å². The number of amides is 1. The van der Waals surface area contributed by atoms with Gasteiger partial charge in [-0.05, 0) is 24.5 Å². The number of carbonyl (C=O) groups is 2. The summed E-state index contributed by atoms with van der Waals surface area (Å²) in [5.74, 6) is -0.0868. The molecule has 0 bridgehead atoms. The Labute approximate surface area is 129 Å². The summed E-state index contributed by atoms with van der Waals surface area (Å²) < 4.78 is 0. The Morgan fingerprint density at radius 2 is 2.14 bits per heavy atom. The molecular formula is C15H22N4O3. The fourth-order valence-electron chi connectivity index (χ4n) is 2.28. The van der Waals surface area contributed by atoms with Gasteiger partial charge in [0.05, 0.1) is 12.1 Å². The van der Waals surface area contributed by atoms with E-state index in [9.17, 15) is 9.59 Å². The average Bonchev–Trinajstić information content (AvgIpc) is 2.51. The van der Waals surface area contributed by atoms with Crippen molar-refractivity contribution in [3.05, 3.63) is 23.4 Å². The van der Waals surface area contributed by atoms with Crippen molar-refractivity contribution in [2.24, 2.45) is 0 Å². The van der Waals surface area contributed by atoms with Gasteiger partial charge >= 0.3 is 5.97 Å². The summed E-state index contributed by atoms with van der Waals surface area (Å²) >= 11 is 0. The monoisotopic (exact) mass is 306 g/mol. The number of hydrogen-bond acceptors (Lipinski definition) is 5. The molecule has 1 aliphatic heterocycles. The molecule has 7 heteroatoms. The number of carboxylic acid groups (broad SMARTS) is 1. The minimum Gasteiger partial charge on any atom is -0.481 e. The molecule has 2 rings (SSSR count). The van der Waals surface area contributed by atoms with Crippen LogP contribution in [0.2, 0.25) is 0 Å². The van der Waals surface area contributed by atoms with E-state index in [-0.39, 0.29) is 18.9 Å². The summed E-state index contributed by atoms with van der Waals surface area (Å²) in [6.45, 7) is 2.28. The first kappa shape index (κ1) is 16.2. The smallest absolute Gasteiger partial charge is 0.305 e. The third-order valence-electron chi connectivity index (χ3n) is 3.45. The molecule has 1 aliphatic rings. The van der Waals surface area contributed by atoms with Crippen LogP contribution in [0.15, 0.2) is 12.1 Å². The Morgan fingerprint density at radius 3 is 2.95 bits per heavy atom. The highest BCUT2D eigenvalue weighted by molar-refractivity contribution is 5.76. The first-order chi connectivity index (χ1) is 10.6. The molecule has 2 heterocycles. The number of carboxylic acids is 1. The van der Waals surface area contributed by atoms with Gasteiger partial charge in [0.1, 0.15) is 5.82 Å². The Balaban J connectivity index is 1.64. The first-order valence-corrected chi connectivity index (χ1v) is 7.57. The first-order valence-electron chi connectivity index (χ1n) is 7.57. The fourth-order valence-corrected chi connectivity index (χ4v) is 2.28. The topological polar surface area (TPSA) is 103 Å². The van der Waals surface area contributed by atoms with Gasteiger partial charge in [-0.1, -0.05) is 6.07 Å². The lowest BCUT2D eigenvalue weighted by Crippen LogP contribution is -2.29. The number of rotatable bonds is 8. The molecule has 0 radical (unpaired) electrons. The van der Waals surface area contributed by atoms with Gasteiger partial charge in [-0.2, -0.15) is 0 Å². The van der Waals surface area contributed by atoms with Crippen molar-refractivity contribution in [1.82, 2.24) is 15.6 Å². The summed E-state index contributed by atoms with van der Waals surface area (Å²) in [5, 5.41) is 17.5. The van der Waals surface area contributed by atoms with E-state index in [4.69, 9.17) is 5.11 Å². The maximum atomic E-state index is 11.5. The third kappa shape index (κ3) is 5.33. The largest absolute Gasteiger partial charge is 0.481 e. The number of nitrogens with one attached hydrogen (secondary N) is 3. The van der Waals surface area contributed by atoms with Crippen LogP contribution in [0.5, 0.6) is 0 Å². The highest BCUT2D eigenvalue weighted by atomic mass is 16.4. The van der Waals surface area contributed by atoms with E-state index in [2.05, 4.69) is 27.0 Å². The number of anilines is 1. The zero-order valence-corrected chi connectivity index (χ0v) is 12.5. The molecule has 120 valence electrons. The summed E-state index contributed by atoms with van der Waals surface area (Å²) in [6.07, 6.45) is 2.48. The number of hydrogen-bond donors (Lipinski definition) is 4. The van der Waals surface area contributed by atoms with Crippen molar-refractivity contribution < 1.29 is 14.7 Å². The molecule has 22 heavy (non-hydrogen) atoms. The van der Waals surface area contributed by atoms with Crippen LogP contribution in [0.3, 0.4) is 0 Å². The molecule has 0 spiro atoms. The van der Waals surface area contributed by atoms with Crippen LogP contribution in [0.4, 0.5) is 5.82 Å². The normalized spacial score (nSPS) is 13.1. The van der Waals surface area contributed by atoms with Crippen LogP contribution < -0.4 is 16.0 Å². The highest BCUT2D eigenvalue weighted by Crippen LogP contribution is 2.19. The fraction of sp³-hybridized carbons (Fsp3) is 0.533. The second-order valence-corrected chi connectivity index (χ2v) is 5.26. The Kier molecular flexibility index (Phi) is 6.14. The highest BCUT2D eigenvalue weighted by Gasteiger charge is 2.10. The maximum Gasteiger partial charge on any atom is 0.305 e. The molecule has 0 saturated carbocycles. The summed E-state index contributed by atoms with van der Waals surface area (Å²) in [6, 6.07) is 4.11. The van der Waals surface area contributed by atoms with Crippen LogP contribution in [0, 0.1) is 0 Å². The Hall–Kier alpha value is -2.15. The molecule has 0 atom stereocenters. The minimum absolute atomic E-state index is 0.0504. The van der Waals surface area contributed by atoms with Gasteiger partial charge in [0.2, 0.25) is 5.91 Å². The van der Waals surface area contributed by atoms with Crippen molar-refractivity contribution in [1.29, 1.82) is 0 Å². The second-order valence-electron chi connectivity index (χ2n) is 5.26. The van der Waals surface area contributed by atoms with E-state index >= 15 is 0 Å². The molecule has 1 amide bonds. The van der Waals surface area contributed by atoms with Crippen molar-refractivity contribution in [3.8, 4) is 0 Å². The number of aliphatic carboxylic acids is 1. The van der Waals surface area contributed by atoms with Gasteiger partial charge in [0.15, 0.2) is 0 Å². The maximum absolute atomic E-state index is 11.5. The standard InChI is InChI=1S/C15H22N4O3/c20-13(17-9-6-14(21)22)5-8-16-10-12-4-3-11-2-1-7-18-15(11)19-12/h3-4,16H,1-2,5-10H2,(H,17,20)(H,18,19)(H,21,22). The number of nitrogens with zero attached hydrogens (tertiary/aromatic N) is 1. The SMILES string of the molecule is O=C(O)CCNC(=O)CCNCc1ccc2c(n1)NCCC2. The van der Waals surface area contributed by atoms with E-state index in [1.165, 1.54) is 5.56 Å². The summed E-state index contributed by atoms with van der Waals surface area (Å²) in [4.78, 5) is 26.3. The molecule has 0 saturated heterocycles. The van der Waals surface area contributed by atoms with Crippen molar-refractivity contribution in [2.45, 2.75) is 32.2 Å². The predicted octanol–water partition coefficient (Wildman–Crippen LogP) is 0.510. The molecule has 0 aromatic carbocycles. The number of aromatic nitrogens is 1. The minimum atomic E-state index is -0.912. The molecule has 1 aromatic heterocycles. The zero-order chi connectivity index (χ0) is 15.8. The molecule has 1 aromatic rings. The van der Waals surface area contributed by atoms with E-state index in [1.54, 1.807) is 0 Å². The molecule has 0 unspecified atom stereocenters. The lowest BCUT2D eigenvalue weighted by molar-refractivity contribution is -0.136. The lowest BCUT2D eigenvalue weighted by Gasteiger charge is -2.17. The number of aryl methyl sites for hydroxylation is 1. The average molecular weight is 306 g/mol. The summed E-state index contributed by atoms with van der Waals surface area (Å²) in [5.41, 5.74) is 2.20. The van der Waals surface area contributed by atoms with Gasteiger partial charge in [0.25, 0.3) is 0 Å². The molecule has 0 aliphatic carbocycles. The second kappa shape index (κ2) is 8.33. The molecule has 4 N–H and O–H groups in total. The molecular weight excluding hydrogens is 284 g/mol. The van der Waals surface area contributed by atoms with Crippen LogP contribution in [-0.4, -0.2) is 41.6 Å². The Bertz CT molecular complexity index is 534. The van der Waals surface area contributed by atoms with E-state index in [0.29, 0.717) is 19.5 Å². The van der Waals surface area contributed by atoms with Crippen LogP contribution in [0.25, 0.3) is 0 Å². The number of carbonyl (C=O) groups excluding carboxylic acids is 1. The van der Waals surface area contributed by atoms with E-state index < -0.39 is 5.97 Å². The number of pyridine rings is 1. The quantitative estimate of drug-likeness (QED) is 0.522. The van der Waals surface area contributed by atoms with Gasteiger partial charge < -0.3 is 21.1 Å². The van der Waals surface area contributed by atoms with Gasteiger partial charge in [-0.3, -0.25) is 9.59 Å². The van der Waals surface area contributed by atoms with Crippen molar-refractivity contribution in [2.75, 3.05) is 25.0 Å². The zero-order valence-electron chi connectivity index (χ0n) is 12.5. The van der Waals surface area contributed by atoms with Gasteiger partial charge in [-0.15, -0.1) is 0 Å². The summed E-state index contributed by atoms with van der Waals surface area (Å²) in [7, 11) is 0. The Morgan fingerprint density at radius 1 is 1.27 bits per heavy atom. The van der Waals surface area contributed by atoms with Crippen LogP contribution in [-0.2, 0) is 22.6 Å². The lowest BCUT2D eigenvalue weighted by atomic mass is 10.1. The van der Waals surface area contributed by atoms with Gasteiger partial charge in [0, 0.05) is 32.6 Å². The molecule has 7 nitrogen and oxygen atoms in total. The predicted molar refractivity (Wildman–Crippen MR) is 82.6 cm³/mol. The number of fused-ring (bicyclic) bond motifs is 1.